The van der Waals surface area contributed by atoms with Gasteiger partial charge < -0.3 is 9.13 Å². The first kappa shape index (κ1) is 27.3. The van der Waals surface area contributed by atoms with Gasteiger partial charge in [0, 0.05) is 38.0 Å². The number of aromatic nitrogens is 2. The maximum atomic E-state index is 2.54. The average molecular weight is 635 g/mol. The van der Waals surface area contributed by atoms with E-state index in [-0.39, 0.29) is 0 Å². The molecule has 0 spiro atoms. The van der Waals surface area contributed by atoms with Gasteiger partial charge in [-0.05, 0) is 69.1 Å². The van der Waals surface area contributed by atoms with Crippen molar-refractivity contribution in [2.24, 2.45) is 0 Å². The second-order valence-corrected chi connectivity index (χ2v) is 13.3. The molecule has 0 fully saturated rings. The van der Waals surface area contributed by atoms with Crippen molar-refractivity contribution in [3.05, 3.63) is 182 Å². The van der Waals surface area contributed by atoms with Gasteiger partial charge in [-0.2, -0.15) is 0 Å². The van der Waals surface area contributed by atoms with Gasteiger partial charge in [0.05, 0.1) is 27.8 Å². The van der Waals surface area contributed by atoms with Crippen LogP contribution < -0.4 is 0 Å². The molecule has 0 unspecified atom stereocenters. The van der Waals surface area contributed by atoms with Gasteiger partial charge in [-0.3, -0.25) is 0 Å². The molecule has 0 bridgehead atoms. The number of fused-ring (bicyclic) bond motifs is 9. The van der Waals surface area contributed by atoms with Gasteiger partial charge in [0.25, 0.3) is 0 Å². The van der Waals surface area contributed by atoms with Crippen LogP contribution in [0.1, 0.15) is 0 Å². The highest BCUT2D eigenvalue weighted by atomic mass is 15.0. The molecule has 0 radical (unpaired) electrons. The Morgan fingerprint density at radius 3 is 1.38 bits per heavy atom. The van der Waals surface area contributed by atoms with E-state index in [0.717, 1.165) is 0 Å². The molecule has 0 N–H and O–H groups in total. The third kappa shape index (κ3) is 3.73. The van der Waals surface area contributed by atoms with Gasteiger partial charge in [-0.1, -0.05) is 146 Å². The number of nitrogens with zero attached hydrogens (tertiary/aromatic N) is 2. The Kier molecular flexibility index (Phi) is 5.70. The van der Waals surface area contributed by atoms with Crippen LogP contribution >= 0.6 is 0 Å². The third-order valence-corrected chi connectivity index (χ3v) is 10.7. The van der Waals surface area contributed by atoms with Crippen molar-refractivity contribution in [3.63, 3.8) is 0 Å². The molecule has 2 heterocycles. The van der Waals surface area contributed by atoms with E-state index in [1.165, 1.54) is 98.4 Å². The van der Waals surface area contributed by atoms with Gasteiger partial charge in [0.15, 0.2) is 0 Å². The van der Waals surface area contributed by atoms with E-state index in [1.54, 1.807) is 0 Å². The van der Waals surface area contributed by atoms with Crippen LogP contribution in [0.3, 0.4) is 0 Å². The zero-order chi connectivity index (χ0) is 32.8. The van der Waals surface area contributed by atoms with E-state index in [9.17, 15) is 0 Å². The fraction of sp³-hybridized carbons (Fsp3) is 0. The summed E-state index contributed by atoms with van der Waals surface area (Å²) in [6.45, 7) is 0. The van der Waals surface area contributed by atoms with E-state index in [4.69, 9.17) is 0 Å². The fourth-order valence-electron chi connectivity index (χ4n) is 8.61. The van der Waals surface area contributed by atoms with Crippen molar-refractivity contribution in [1.29, 1.82) is 0 Å². The molecular weight excluding hydrogens is 605 g/mol. The molecule has 11 rings (SSSR count). The maximum Gasteiger partial charge on any atom is 0.0619 e. The third-order valence-electron chi connectivity index (χ3n) is 10.7. The Morgan fingerprint density at radius 1 is 0.280 bits per heavy atom. The SMILES string of the molecule is c1ccc(-n2c3ccccc3c3cc4c(cc32)c2ccccc2n4-c2c3ccccc3c(-c3cccc4ccccc34)c3ccccc23)cc1. The molecule has 0 aliphatic heterocycles. The smallest absolute Gasteiger partial charge is 0.0619 e. The summed E-state index contributed by atoms with van der Waals surface area (Å²) in [4.78, 5) is 0. The Hall–Kier alpha value is -6.64. The Balaban J connectivity index is 1.32. The molecule has 2 aromatic heterocycles. The van der Waals surface area contributed by atoms with Gasteiger partial charge in [-0.15, -0.1) is 0 Å². The maximum absolute atomic E-state index is 2.54. The van der Waals surface area contributed by atoms with E-state index >= 15 is 0 Å². The van der Waals surface area contributed by atoms with E-state index < -0.39 is 0 Å². The molecule has 0 aliphatic carbocycles. The van der Waals surface area contributed by atoms with Crippen LogP contribution in [0.5, 0.6) is 0 Å². The van der Waals surface area contributed by atoms with E-state index in [2.05, 4.69) is 191 Å². The molecule has 2 nitrogen and oxygen atoms in total. The zero-order valence-electron chi connectivity index (χ0n) is 27.2. The molecule has 0 saturated carbocycles. The van der Waals surface area contributed by atoms with Gasteiger partial charge in [-0.25, -0.2) is 0 Å². The molecule has 0 atom stereocenters. The Morgan fingerprint density at radius 2 is 0.740 bits per heavy atom. The average Bonchev–Trinajstić information content (AvgIpc) is 3.68. The van der Waals surface area contributed by atoms with Crippen molar-refractivity contribution >= 4 is 75.9 Å². The molecule has 232 valence electrons. The van der Waals surface area contributed by atoms with Gasteiger partial charge in [0.2, 0.25) is 0 Å². The van der Waals surface area contributed by atoms with Crippen molar-refractivity contribution in [3.8, 4) is 22.5 Å². The van der Waals surface area contributed by atoms with Crippen LogP contribution in [0, 0.1) is 0 Å². The van der Waals surface area contributed by atoms with Gasteiger partial charge >= 0.3 is 0 Å². The first-order valence-electron chi connectivity index (χ1n) is 17.3. The van der Waals surface area contributed by atoms with Crippen LogP contribution in [0.4, 0.5) is 0 Å². The van der Waals surface area contributed by atoms with E-state index in [0.29, 0.717) is 0 Å². The van der Waals surface area contributed by atoms with Crippen molar-refractivity contribution < 1.29 is 0 Å². The van der Waals surface area contributed by atoms with E-state index in [1.807, 2.05) is 0 Å². The lowest BCUT2D eigenvalue weighted by molar-refractivity contribution is 1.18. The predicted molar refractivity (Wildman–Crippen MR) is 213 cm³/mol. The topological polar surface area (TPSA) is 9.86 Å². The summed E-state index contributed by atoms with van der Waals surface area (Å²) in [7, 11) is 0. The van der Waals surface area contributed by atoms with Crippen LogP contribution in [0.15, 0.2) is 182 Å². The van der Waals surface area contributed by atoms with Crippen LogP contribution in [0.2, 0.25) is 0 Å². The predicted octanol–water partition coefficient (Wildman–Crippen LogP) is 13.0. The number of hydrogen-bond donors (Lipinski definition) is 0. The zero-order valence-corrected chi connectivity index (χ0v) is 27.2. The minimum atomic E-state index is 1.17. The minimum Gasteiger partial charge on any atom is -0.309 e. The number of para-hydroxylation sites is 3. The van der Waals surface area contributed by atoms with Crippen LogP contribution in [-0.4, -0.2) is 9.13 Å². The molecule has 11 aromatic rings. The summed E-state index contributed by atoms with van der Waals surface area (Å²) >= 11 is 0. The first-order valence-corrected chi connectivity index (χ1v) is 17.3. The summed E-state index contributed by atoms with van der Waals surface area (Å²) in [5, 5.41) is 12.5. The second kappa shape index (κ2) is 10.4. The minimum absolute atomic E-state index is 1.17. The Bertz CT molecular complexity index is 3080. The molecule has 0 amide bonds. The normalized spacial score (nSPS) is 12.0. The number of hydrogen-bond acceptors (Lipinski definition) is 0. The molecule has 0 saturated heterocycles. The quantitative estimate of drug-likeness (QED) is 0.171. The fourth-order valence-corrected chi connectivity index (χ4v) is 8.61. The molecular formula is C48H30N2. The highest BCUT2D eigenvalue weighted by Crippen LogP contribution is 2.46. The highest BCUT2D eigenvalue weighted by Gasteiger charge is 2.23. The molecule has 9 aromatic carbocycles. The molecule has 2 heteroatoms. The Labute approximate surface area is 288 Å². The summed E-state index contributed by atoms with van der Waals surface area (Å²) in [6.07, 6.45) is 0. The van der Waals surface area contributed by atoms with Crippen LogP contribution in [0.25, 0.3) is 98.4 Å². The second-order valence-electron chi connectivity index (χ2n) is 13.3. The van der Waals surface area contributed by atoms with Crippen molar-refractivity contribution in [2.45, 2.75) is 0 Å². The van der Waals surface area contributed by atoms with Gasteiger partial charge in [0.1, 0.15) is 0 Å². The summed E-state index contributed by atoms with van der Waals surface area (Å²) < 4.78 is 4.95. The number of rotatable bonds is 3. The highest BCUT2D eigenvalue weighted by molar-refractivity contribution is 6.24. The molecule has 50 heavy (non-hydrogen) atoms. The lowest BCUT2D eigenvalue weighted by Crippen LogP contribution is -1.99. The number of benzene rings is 9. The molecule has 0 aliphatic rings. The summed E-state index contributed by atoms with van der Waals surface area (Å²) in [5.74, 6) is 0. The lowest BCUT2D eigenvalue weighted by Gasteiger charge is -2.20. The largest absolute Gasteiger partial charge is 0.309 e. The lowest BCUT2D eigenvalue weighted by atomic mass is 9.88. The summed E-state index contributed by atoms with van der Waals surface area (Å²) in [5.41, 5.74) is 9.79. The monoisotopic (exact) mass is 634 g/mol. The standard InChI is InChI=1S/C48H30N2/c1-2-17-32(18-3-1)49-43-27-12-10-20-34(43)41-30-46-42(29-45(41)49)35-21-11-13-28-44(35)50(46)48-39-24-8-6-22-37(39)47(38-23-7-9-25-40(38)48)36-26-14-16-31-15-4-5-19-33(31)36/h1-30H. The first-order chi connectivity index (χ1) is 24.8. The van der Waals surface area contributed by atoms with Crippen molar-refractivity contribution in [2.75, 3.05) is 0 Å². The summed E-state index contributed by atoms with van der Waals surface area (Å²) in [6, 6.07) is 66.7. The van der Waals surface area contributed by atoms with Crippen molar-refractivity contribution in [1.82, 2.24) is 9.13 Å². The van der Waals surface area contributed by atoms with Crippen LogP contribution in [-0.2, 0) is 0 Å².